The first kappa shape index (κ1) is 17.5. The molecule has 0 N–H and O–H groups in total. The van der Waals surface area contributed by atoms with Crippen LogP contribution in [0.5, 0.6) is 0 Å². The number of hydrogen-bond acceptors (Lipinski definition) is 2. The Labute approximate surface area is 124 Å². The van der Waals surface area contributed by atoms with Crippen molar-refractivity contribution in [1.82, 2.24) is 9.88 Å². The molecule has 0 spiro atoms. The lowest BCUT2D eigenvalue weighted by Gasteiger charge is -2.31. The van der Waals surface area contributed by atoms with E-state index in [9.17, 15) is 13.2 Å². The van der Waals surface area contributed by atoms with E-state index in [1.54, 1.807) is 24.0 Å². The largest absolute Gasteiger partial charge is 0.401 e. The van der Waals surface area contributed by atoms with Gasteiger partial charge in [0.2, 0.25) is 0 Å². The van der Waals surface area contributed by atoms with Crippen LogP contribution in [0.4, 0.5) is 13.2 Å². The summed E-state index contributed by atoms with van der Waals surface area (Å²) in [5.74, 6) is 0. The van der Waals surface area contributed by atoms with E-state index in [1.807, 2.05) is 0 Å². The van der Waals surface area contributed by atoms with Crippen LogP contribution in [0.1, 0.15) is 39.3 Å². The summed E-state index contributed by atoms with van der Waals surface area (Å²) in [5.41, 5.74) is -1.11. The SMILES string of the molecule is C=C(C)N1CCC(c2ccccn2)(C(F)(F)F)C1.CCC. The van der Waals surface area contributed by atoms with Gasteiger partial charge in [-0.15, -0.1) is 0 Å². The number of rotatable bonds is 2. The third kappa shape index (κ3) is 3.77. The number of hydrogen-bond donors (Lipinski definition) is 0. The van der Waals surface area contributed by atoms with Crippen molar-refractivity contribution in [3.63, 3.8) is 0 Å². The van der Waals surface area contributed by atoms with Crippen LogP contribution in [0.15, 0.2) is 36.7 Å². The maximum Gasteiger partial charge on any atom is 0.401 e. The zero-order chi connectivity index (χ0) is 16.1. The minimum atomic E-state index is -4.30. The molecule has 21 heavy (non-hydrogen) atoms. The van der Waals surface area contributed by atoms with E-state index in [0.717, 1.165) is 0 Å². The van der Waals surface area contributed by atoms with Crippen molar-refractivity contribution >= 4 is 0 Å². The first-order valence-corrected chi connectivity index (χ1v) is 7.17. The van der Waals surface area contributed by atoms with Gasteiger partial charge in [-0.2, -0.15) is 13.2 Å². The smallest absolute Gasteiger partial charge is 0.374 e. The van der Waals surface area contributed by atoms with E-state index >= 15 is 0 Å². The molecule has 5 heteroatoms. The summed E-state index contributed by atoms with van der Waals surface area (Å²) < 4.78 is 40.3. The number of aromatic nitrogens is 1. The van der Waals surface area contributed by atoms with Crippen LogP contribution in [0, 0.1) is 0 Å². The topological polar surface area (TPSA) is 16.1 Å². The van der Waals surface area contributed by atoms with Gasteiger partial charge in [0.1, 0.15) is 5.41 Å². The number of allylic oxidation sites excluding steroid dienone is 1. The van der Waals surface area contributed by atoms with Crippen LogP contribution < -0.4 is 0 Å². The van der Waals surface area contributed by atoms with Crippen LogP contribution in [0.25, 0.3) is 0 Å². The summed E-state index contributed by atoms with van der Waals surface area (Å²) in [6, 6.07) is 4.67. The standard InChI is InChI=1S/C13H15F3N2.C3H8/c1-10(2)18-8-6-12(9-18,13(14,15)16)11-5-3-4-7-17-11;1-3-2/h3-5,7H,1,6,8-9H2,2H3;3H2,1-2H3. The second kappa shape index (κ2) is 6.96. The molecule has 0 aromatic carbocycles. The first-order chi connectivity index (χ1) is 9.78. The monoisotopic (exact) mass is 300 g/mol. The van der Waals surface area contributed by atoms with Crippen molar-refractivity contribution in [3.05, 3.63) is 42.4 Å². The van der Waals surface area contributed by atoms with Gasteiger partial charge in [0, 0.05) is 25.0 Å². The lowest BCUT2D eigenvalue weighted by molar-refractivity contribution is -0.187. The van der Waals surface area contributed by atoms with E-state index in [4.69, 9.17) is 0 Å². The van der Waals surface area contributed by atoms with Crippen molar-refractivity contribution in [2.75, 3.05) is 13.1 Å². The molecule has 1 atom stereocenters. The fourth-order valence-corrected chi connectivity index (χ4v) is 2.37. The van der Waals surface area contributed by atoms with Gasteiger partial charge in [-0.1, -0.05) is 32.9 Å². The summed E-state index contributed by atoms with van der Waals surface area (Å²) in [6.07, 6.45) is -1.61. The third-order valence-electron chi connectivity index (χ3n) is 3.51. The maximum absolute atomic E-state index is 13.4. The van der Waals surface area contributed by atoms with Gasteiger partial charge in [-0.25, -0.2) is 0 Å². The predicted molar refractivity (Wildman–Crippen MR) is 78.9 cm³/mol. The van der Waals surface area contributed by atoms with Crippen LogP contribution in [0.2, 0.25) is 0 Å². The van der Waals surface area contributed by atoms with E-state index in [-0.39, 0.29) is 18.7 Å². The fraction of sp³-hybridized carbons (Fsp3) is 0.562. The molecule has 0 saturated carbocycles. The average Bonchev–Trinajstić information content (AvgIpc) is 2.87. The molecule has 1 unspecified atom stereocenters. The molecule has 2 nitrogen and oxygen atoms in total. The Balaban J connectivity index is 0.000000677. The van der Waals surface area contributed by atoms with Gasteiger partial charge < -0.3 is 4.90 Å². The molecule has 2 rings (SSSR count). The van der Waals surface area contributed by atoms with Crippen LogP contribution in [0.3, 0.4) is 0 Å². The molecular formula is C16H23F3N2. The van der Waals surface area contributed by atoms with E-state index < -0.39 is 11.6 Å². The summed E-state index contributed by atoms with van der Waals surface area (Å²) in [7, 11) is 0. The molecule has 0 bridgehead atoms. The molecule has 0 radical (unpaired) electrons. The third-order valence-corrected chi connectivity index (χ3v) is 3.51. The minimum Gasteiger partial charge on any atom is -0.374 e. The van der Waals surface area contributed by atoms with Gasteiger partial charge in [0.05, 0.1) is 5.69 Å². The highest BCUT2D eigenvalue weighted by molar-refractivity contribution is 5.24. The molecule has 118 valence electrons. The molecule has 0 aliphatic carbocycles. The highest BCUT2D eigenvalue weighted by Crippen LogP contribution is 2.47. The normalized spacial score (nSPS) is 21.7. The van der Waals surface area contributed by atoms with Crippen molar-refractivity contribution < 1.29 is 13.2 Å². The van der Waals surface area contributed by atoms with Crippen LogP contribution in [-0.4, -0.2) is 29.1 Å². The quantitative estimate of drug-likeness (QED) is 0.797. The molecule has 1 aliphatic rings. The summed E-state index contributed by atoms with van der Waals surface area (Å²) >= 11 is 0. The molecule has 0 amide bonds. The van der Waals surface area contributed by atoms with Crippen molar-refractivity contribution in [2.24, 2.45) is 0 Å². The highest BCUT2D eigenvalue weighted by Gasteiger charge is 2.59. The molecule has 1 aliphatic heterocycles. The minimum absolute atomic E-state index is 0.0281. The number of alkyl halides is 3. The zero-order valence-corrected chi connectivity index (χ0v) is 12.9. The van der Waals surface area contributed by atoms with Gasteiger partial charge in [-0.05, 0) is 25.5 Å². The van der Waals surface area contributed by atoms with E-state index in [0.29, 0.717) is 12.2 Å². The molecule has 1 saturated heterocycles. The number of likely N-dealkylation sites (tertiary alicyclic amines) is 1. The second-order valence-electron chi connectivity index (χ2n) is 5.41. The lowest BCUT2D eigenvalue weighted by atomic mass is 9.82. The lowest BCUT2D eigenvalue weighted by Crippen LogP contribution is -2.45. The first-order valence-electron chi connectivity index (χ1n) is 7.17. The van der Waals surface area contributed by atoms with Gasteiger partial charge in [0.25, 0.3) is 0 Å². The molecular weight excluding hydrogens is 277 g/mol. The van der Waals surface area contributed by atoms with Crippen LogP contribution in [-0.2, 0) is 5.41 Å². The Hall–Kier alpha value is -1.52. The van der Waals surface area contributed by atoms with Crippen molar-refractivity contribution in [1.29, 1.82) is 0 Å². The molecule has 1 fully saturated rings. The van der Waals surface area contributed by atoms with E-state index in [1.165, 1.54) is 18.7 Å². The van der Waals surface area contributed by atoms with Gasteiger partial charge in [-0.3, -0.25) is 4.98 Å². The second-order valence-corrected chi connectivity index (χ2v) is 5.41. The summed E-state index contributed by atoms with van der Waals surface area (Å²) in [5, 5.41) is 0. The van der Waals surface area contributed by atoms with Crippen molar-refractivity contribution in [2.45, 2.75) is 45.2 Å². The Kier molecular flexibility index (Phi) is 5.81. The zero-order valence-electron chi connectivity index (χ0n) is 12.9. The highest BCUT2D eigenvalue weighted by atomic mass is 19.4. The number of halogens is 3. The average molecular weight is 300 g/mol. The maximum atomic E-state index is 13.4. The van der Waals surface area contributed by atoms with Crippen molar-refractivity contribution in [3.8, 4) is 0 Å². The number of nitrogens with zero attached hydrogens (tertiary/aromatic N) is 2. The Morgan fingerprint density at radius 3 is 2.38 bits per heavy atom. The number of pyridine rings is 1. The Bertz CT molecular complexity index is 456. The van der Waals surface area contributed by atoms with Crippen LogP contribution >= 0.6 is 0 Å². The van der Waals surface area contributed by atoms with Gasteiger partial charge >= 0.3 is 6.18 Å². The molecule has 1 aromatic rings. The predicted octanol–water partition coefficient (Wildman–Crippen LogP) is 4.54. The van der Waals surface area contributed by atoms with Gasteiger partial charge in [0.15, 0.2) is 0 Å². The fourth-order valence-electron chi connectivity index (χ4n) is 2.37. The molecule has 1 aromatic heterocycles. The van der Waals surface area contributed by atoms with E-state index in [2.05, 4.69) is 25.4 Å². The molecule has 2 heterocycles. The Morgan fingerprint density at radius 2 is 2.00 bits per heavy atom. The summed E-state index contributed by atoms with van der Waals surface area (Å²) in [6.45, 7) is 9.97. The Morgan fingerprint density at radius 1 is 1.38 bits per heavy atom. The summed E-state index contributed by atoms with van der Waals surface area (Å²) in [4.78, 5) is 5.59.